The number of rotatable bonds is 10. The van der Waals surface area contributed by atoms with Crippen molar-refractivity contribution in [3.63, 3.8) is 0 Å². The van der Waals surface area contributed by atoms with Gasteiger partial charge in [-0.05, 0) is 66.9 Å². The van der Waals surface area contributed by atoms with E-state index >= 15 is 0 Å². The number of benzene rings is 3. The van der Waals surface area contributed by atoms with Gasteiger partial charge in [0.05, 0.1) is 10.6 Å². The van der Waals surface area contributed by atoms with Gasteiger partial charge in [0.2, 0.25) is 5.91 Å². The zero-order valence-corrected chi connectivity index (χ0v) is 21.9. The molecule has 180 valence electrons. The number of halogens is 1. The van der Waals surface area contributed by atoms with Gasteiger partial charge in [-0.3, -0.25) is 9.10 Å². The zero-order chi connectivity index (χ0) is 24.7. The summed E-state index contributed by atoms with van der Waals surface area (Å²) in [5.41, 5.74) is 2.51. The lowest BCUT2D eigenvalue weighted by molar-refractivity contribution is -0.119. The molecule has 0 unspecified atom stereocenters. The normalized spacial score (nSPS) is 11.4. The molecule has 5 nitrogen and oxygen atoms in total. The van der Waals surface area contributed by atoms with E-state index in [-0.39, 0.29) is 17.3 Å². The van der Waals surface area contributed by atoms with Crippen LogP contribution in [0.5, 0.6) is 0 Å². The van der Waals surface area contributed by atoms with Gasteiger partial charge in [-0.2, -0.15) is 0 Å². The Bertz CT molecular complexity index is 1190. The van der Waals surface area contributed by atoms with Gasteiger partial charge in [0.25, 0.3) is 10.0 Å². The van der Waals surface area contributed by atoms with Gasteiger partial charge in [-0.15, -0.1) is 11.8 Å². The number of carbonyl (C=O) groups excluding carboxylic acids is 1. The molecule has 0 fully saturated rings. The first-order chi connectivity index (χ1) is 16.2. The number of hydrogen-bond acceptors (Lipinski definition) is 4. The Hall–Kier alpha value is -2.48. The van der Waals surface area contributed by atoms with Crippen LogP contribution in [0.25, 0.3) is 0 Å². The van der Waals surface area contributed by atoms with Gasteiger partial charge in [0.15, 0.2) is 0 Å². The monoisotopic (exact) mass is 516 g/mol. The number of anilines is 1. The zero-order valence-electron chi connectivity index (χ0n) is 19.5. The van der Waals surface area contributed by atoms with Crippen molar-refractivity contribution in [2.75, 3.05) is 23.1 Å². The minimum Gasteiger partial charge on any atom is -0.354 e. The molecule has 0 saturated heterocycles. The van der Waals surface area contributed by atoms with Crippen molar-refractivity contribution in [1.82, 2.24) is 5.32 Å². The smallest absolute Gasteiger partial charge is 0.264 e. The summed E-state index contributed by atoms with van der Waals surface area (Å²) in [6, 6.07) is 21.4. The van der Waals surface area contributed by atoms with Gasteiger partial charge in [-0.25, -0.2) is 8.42 Å². The highest BCUT2D eigenvalue weighted by molar-refractivity contribution is 7.99. The maximum absolute atomic E-state index is 13.5. The fourth-order valence-electron chi connectivity index (χ4n) is 3.25. The number of amides is 1. The number of thioether (sulfide) groups is 1. The Labute approximate surface area is 211 Å². The summed E-state index contributed by atoms with van der Waals surface area (Å²) in [5.74, 6) is 0.610. The summed E-state index contributed by atoms with van der Waals surface area (Å²) >= 11 is 7.50. The molecule has 0 saturated carbocycles. The number of nitrogens with one attached hydrogen (secondary N) is 1. The number of hydrogen-bond donors (Lipinski definition) is 1. The van der Waals surface area contributed by atoms with Crippen molar-refractivity contribution in [2.45, 2.75) is 36.5 Å². The molecule has 0 aliphatic carbocycles. The molecular weight excluding hydrogens is 488 g/mol. The van der Waals surface area contributed by atoms with Crippen molar-refractivity contribution in [1.29, 1.82) is 0 Å². The van der Waals surface area contributed by atoms with Crippen molar-refractivity contribution in [2.24, 2.45) is 0 Å². The molecule has 3 rings (SSSR count). The molecule has 34 heavy (non-hydrogen) atoms. The molecule has 0 atom stereocenters. The molecule has 0 aliphatic rings. The topological polar surface area (TPSA) is 66.5 Å². The quantitative estimate of drug-likeness (QED) is 0.270. The molecule has 0 radical (unpaired) electrons. The second-order valence-corrected chi connectivity index (χ2v) is 11.7. The summed E-state index contributed by atoms with van der Waals surface area (Å²) in [6.07, 6.45) is 0. The summed E-state index contributed by atoms with van der Waals surface area (Å²) in [6.45, 7) is 6.16. The predicted octanol–water partition coefficient (Wildman–Crippen LogP) is 5.88. The fourth-order valence-corrected chi connectivity index (χ4v) is 5.57. The molecule has 0 aromatic heterocycles. The second-order valence-electron chi connectivity index (χ2n) is 8.22. The van der Waals surface area contributed by atoms with E-state index in [0.29, 0.717) is 28.9 Å². The molecular formula is C26H29ClN2O3S2. The van der Waals surface area contributed by atoms with Crippen LogP contribution in [0.2, 0.25) is 5.02 Å². The maximum atomic E-state index is 13.5. The van der Waals surface area contributed by atoms with Gasteiger partial charge >= 0.3 is 0 Å². The van der Waals surface area contributed by atoms with Crippen molar-refractivity contribution in [3.05, 3.63) is 88.9 Å². The Morgan fingerprint density at radius 3 is 2.18 bits per heavy atom. The molecule has 3 aromatic carbocycles. The first-order valence-corrected chi connectivity index (χ1v) is 13.8. The van der Waals surface area contributed by atoms with E-state index in [2.05, 4.69) is 19.2 Å². The minimum absolute atomic E-state index is 0.150. The fraction of sp³-hybridized carbons (Fsp3) is 0.269. The molecule has 1 amide bonds. The number of sulfonamides is 1. The van der Waals surface area contributed by atoms with Gasteiger partial charge in [-0.1, -0.05) is 55.3 Å². The molecule has 0 bridgehead atoms. The Morgan fingerprint density at radius 1 is 0.971 bits per heavy atom. The third kappa shape index (κ3) is 7.01. The first-order valence-electron chi connectivity index (χ1n) is 11.0. The van der Waals surface area contributed by atoms with Crippen LogP contribution in [0, 0.1) is 6.92 Å². The third-order valence-electron chi connectivity index (χ3n) is 5.25. The van der Waals surface area contributed by atoms with Crippen LogP contribution in [0.15, 0.2) is 82.6 Å². The van der Waals surface area contributed by atoms with Gasteiger partial charge in [0, 0.05) is 22.2 Å². The average molecular weight is 517 g/mol. The van der Waals surface area contributed by atoms with E-state index < -0.39 is 10.0 Å². The Balaban J connectivity index is 1.73. The molecule has 0 spiro atoms. The molecule has 8 heteroatoms. The number of nitrogens with zero attached hydrogens (tertiary/aromatic N) is 1. The van der Waals surface area contributed by atoms with E-state index in [9.17, 15) is 13.2 Å². The van der Waals surface area contributed by atoms with Crippen LogP contribution in [0.4, 0.5) is 5.69 Å². The summed E-state index contributed by atoms with van der Waals surface area (Å²) in [7, 11) is -3.92. The van der Waals surface area contributed by atoms with Crippen LogP contribution in [-0.4, -0.2) is 33.2 Å². The summed E-state index contributed by atoms with van der Waals surface area (Å²) in [4.78, 5) is 13.9. The SMILES string of the molecule is Cc1ccc(S(=O)(=O)N(CC(=O)NCCSc2ccc(Cl)cc2)c2ccc(C(C)C)cc2)cc1. The highest BCUT2D eigenvalue weighted by Gasteiger charge is 2.27. The lowest BCUT2D eigenvalue weighted by Gasteiger charge is -2.24. The van der Waals surface area contributed by atoms with Crippen LogP contribution < -0.4 is 9.62 Å². The Morgan fingerprint density at radius 2 is 1.59 bits per heavy atom. The Kier molecular flexibility index (Phi) is 9.05. The standard InChI is InChI=1S/C26H29ClN2O3S2/c1-19(2)21-6-10-23(11-7-21)29(34(31,32)25-14-4-20(3)5-15-25)18-26(30)28-16-17-33-24-12-8-22(27)9-13-24/h4-15,19H,16-18H2,1-3H3,(H,28,30). The summed E-state index contributed by atoms with van der Waals surface area (Å²) in [5, 5.41) is 3.51. The van der Waals surface area contributed by atoms with E-state index in [1.54, 1.807) is 48.2 Å². The van der Waals surface area contributed by atoms with E-state index in [4.69, 9.17) is 11.6 Å². The van der Waals surface area contributed by atoms with Crippen LogP contribution in [-0.2, 0) is 14.8 Å². The molecule has 3 aromatic rings. The van der Waals surface area contributed by atoms with Crippen molar-refractivity contribution in [3.8, 4) is 0 Å². The van der Waals surface area contributed by atoms with Crippen LogP contribution in [0.1, 0.15) is 30.9 Å². The van der Waals surface area contributed by atoms with E-state index in [0.717, 1.165) is 16.0 Å². The van der Waals surface area contributed by atoms with E-state index in [1.165, 1.54) is 4.31 Å². The number of carbonyl (C=O) groups is 1. The molecule has 0 heterocycles. The number of aryl methyl sites for hydroxylation is 1. The van der Waals surface area contributed by atoms with Gasteiger partial charge < -0.3 is 5.32 Å². The highest BCUT2D eigenvalue weighted by Crippen LogP contribution is 2.26. The predicted molar refractivity (Wildman–Crippen MR) is 141 cm³/mol. The largest absolute Gasteiger partial charge is 0.354 e. The third-order valence-corrected chi connectivity index (χ3v) is 8.30. The minimum atomic E-state index is -3.92. The lowest BCUT2D eigenvalue weighted by atomic mass is 10.0. The van der Waals surface area contributed by atoms with Crippen LogP contribution in [0.3, 0.4) is 0 Å². The summed E-state index contributed by atoms with van der Waals surface area (Å²) < 4.78 is 28.1. The average Bonchev–Trinajstić information content (AvgIpc) is 2.81. The first kappa shape index (κ1) is 26.1. The lowest BCUT2D eigenvalue weighted by Crippen LogP contribution is -2.41. The van der Waals surface area contributed by atoms with Crippen LogP contribution >= 0.6 is 23.4 Å². The maximum Gasteiger partial charge on any atom is 0.264 e. The molecule has 0 aliphatic heterocycles. The van der Waals surface area contributed by atoms with Crippen molar-refractivity contribution >= 4 is 45.0 Å². The van der Waals surface area contributed by atoms with E-state index in [1.807, 2.05) is 43.3 Å². The molecule has 1 N–H and O–H groups in total. The second kappa shape index (κ2) is 11.8. The van der Waals surface area contributed by atoms with Crippen molar-refractivity contribution < 1.29 is 13.2 Å². The highest BCUT2D eigenvalue weighted by atomic mass is 35.5. The van der Waals surface area contributed by atoms with Gasteiger partial charge in [0.1, 0.15) is 6.54 Å².